The van der Waals surface area contributed by atoms with Gasteiger partial charge in [0, 0.05) is 11.3 Å². The van der Waals surface area contributed by atoms with E-state index in [-0.39, 0.29) is 11.9 Å². The molecule has 28 heavy (non-hydrogen) atoms. The first-order chi connectivity index (χ1) is 13.6. The number of carbonyl (C=O) groups excluding carboxylic acids is 1. The quantitative estimate of drug-likeness (QED) is 0.720. The number of amides is 1. The predicted molar refractivity (Wildman–Crippen MR) is 111 cm³/mol. The van der Waals surface area contributed by atoms with E-state index in [0.717, 1.165) is 31.4 Å². The van der Waals surface area contributed by atoms with Crippen LogP contribution in [-0.4, -0.2) is 15.7 Å². The van der Waals surface area contributed by atoms with Crippen LogP contribution in [0.2, 0.25) is 0 Å². The number of fused-ring (bicyclic) bond motifs is 1. The third-order valence-corrected chi connectivity index (χ3v) is 5.81. The van der Waals surface area contributed by atoms with Crippen molar-refractivity contribution in [2.24, 2.45) is 0 Å². The number of hydrogen-bond acceptors (Lipinski definition) is 2. The van der Waals surface area contributed by atoms with Crippen molar-refractivity contribution in [3.63, 3.8) is 0 Å². The van der Waals surface area contributed by atoms with E-state index in [1.54, 1.807) is 0 Å². The normalized spacial score (nSPS) is 16.4. The summed E-state index contributed by atoms with van der Waals surface area (Å²) in [6.07, 6.45) is 4.97. The smallest absolute Gasteiger partial charge is 0.230 e. The molecule has 1 unspecified atom stereocenters. The van der Waals surface area contributed by atoms with Gasteiger partial charge in [0.25, 0.3) is 0 Å². The van der Waals surface area contributed by atoms with Gasteiger partial charge in [-0.3, -0.25) is 9.48 Å². The van der Waals surface area contributed by atoms with Gasteiger partial charge in [-0.1, -0.05) is 60.7 Å². The zero-order valence-corrected chi connectivity index (χ0v) is 16.6. The molecule has 1 aliphatic rings. The van der Waals surface area contributed by atoms with Crippen LogP contribution in [0.4, 0.5) is 0 Å². The van der Waals surface area contributed by atoms with Crippen molar-refractivity contribution in [1.82, 2.24) is 15.1 Å². The molecule has 0 aliphatic heterocycles. The summed E-state index contributed by atoms with van der Waals surface area (Å²) in [6, 6.07) is 20.4. The minimum Gasteiger partial charge on any atom is -0.348 e. The maximum atomic E-state index is 13.1. The summed E-state index contributed by atoms with van der Waals surface area (Å²) in [6.45, 7) is 4.74. The Bertz CT molecular complexity index is 944. The molecule has 0 bridgehead atoms. The van der Waals surface area contributed by atoms with E-state index >= 15 is 0 Å². The molecule has 4 nitrogen and oxygen atoms in total. The molecular weight excluding hydrogens is 346 g/mol. The van der Waals surface area contributed by atoms with E-state index in [0.29, 0.717) is 0 Å². The number of carbonyl (C=O) groups is 1. The van der Waals surface area contributed by atoms with Crippen LogP contribution in [0.25, 0.3) is 0 Å². The van der Waals surface area contributed by atoms with E-state index in [1.807, 2.05) is 56.4 Å². The monoisotopic (exact) mass is 373 g/mol. The molecular formula is C24H27N3O. The number of benzene rings is 2. The molecule has 4 rings (SSSR count). The van der Waals surface area contributed by atoms with Crippen LogP contribution in [0.5, 0.6) is 0 Å². The summed E-state index contributed by atoms with van der Waals surface area (Å²) >= 11 is 0. The molecule has 1 aromatic heterocycles. The third-order valence-electron chi connectivity index (χ3n) is 5.81. The first-order valence-corrected chi connectivity index (χ1v) is 10.0. The van der Waals surface area contributed by atoms with Crippen molar-refractivity contribution in [3.05, 3.63) is 89.2 Å². The maximum absolute atomic E-state index is 13.1. The van der Waals surface area contributed by atoms with Gasteiger partial charge in [-0.25, -0.2) is 0 Å². The zero-order valence-electron chi connectivity index (χ0n) is 16.6. The molecule has 1 N–H and O–H groups in total. The molecule has 1 aliphatic carbocycles. The minimum atomic E-state index is -0.571. The summed E-state index contributed by atoms with van der Waals surface area (Å²) < 4.78 is 2.09. The molecule has 1 heterocycles. The molecule has 1 atom stereocenters. The fourth-order valence-electron chi connectivity index (χ4n) is 3.99. The van der Waals surface area contributed by atoms with Gasteiger partial charge in [-0.05, 0) is 44.2 Å². The molecule has 0 spiro atoms. The van der Waals surface area contributed by atoms with Crippen molar-refractivity contribution in [2.45, 2.75) is 51.1 Å². The topological polar surface area (TPSA) is 46.9 Å². The molecule has 2 aromatic carbocycles. The molecule has 0 fully saturated rings. The third kappa shape index (κ3) is 3.59. The number of hydrogen-bond donors (Lipinski definition) is 1. The summed E-state index contributed by atoms with van der Waals surface area (Å²) in [5.41, 5.74) is 4.12. The van der Waals surface area contributed by atoms with Gasteiger partial charge in [0.2, 0.25) is 5.91 Å². The minimum absolute atomic E-state index is 0.0313. The summed E-state index contributed by atoms with van der Waals surface area (Å²) in [7, 11) is 0. The molecule has 144 valence electrons. The number of nitrogens with one attached hydrogen (secondary N) is 1. The lowest BCUT2D eigenvalue weighted by Crippen LogP contribution is -2.42. The molecule has 1 amide bonds. The molecule has 0 saturated heterocycles. The largest absolute Gasteiger partial charge is 0.348 e. The highest BCUT2D eigenvalue weighted by Gasteiger charge is 2.33. The highest BCUT2D eigenvalue weighted by Crippen LogP contribution is 2.32. The molecule has 3 aromatic rings. The lowest BCUT2D eigenvalue weighted by Gasteiger charge is -2.30. The SMILES string of the molecule is CC(C)(C(=O)NC1CCCc2c1cnn2Cc1ccccc1)c1ccccc1. The Kier molecular flexibility index (Phi) is 5.03. The van der Waals surface area contributed by atoms with Crippen LogP contribution in [0.1, 0.15) is 55.1 Å². The number of aromatic nitrogens is 2. The fourth-order valence-corrected chi connectivity index (χ4v) is 3.99. The van der Waals surface area contributed by atoms with Gasteiger partial charge in [-0.15, -0.1) is 0 Å². The molecule has 0 saturated carbocycles. The fraction of sp³-hybridized carbons (Fsp3) is 0.333. The van der Waals surface area contributed by atoms with Gasteiger partial charge >= 0.3 is 0 Å². The average molecular weight is 374 g/mol. The molecule has 4 heteroatoms. The van der Waals surface area contributed by atoms with Crippen LogP contribution in [0.15, 0.2) is 66.9 Å². The van der Waals surface area contributed by atoms with E-state index in [9.17, 15) is 4.79 Å². The second-order valence-corrected chi connectivity index (χ2v) is 8.10. The van der Waals surface area contributed by atoms with Gasteiger partial charge < -0.3 is 5.32 Å². The van der Waals surface area contributed by atoms with Crippen LogP contribution >= 0.6 is 0 Å². The van der Waals surface area contributed by atoms with Crippen molar-refractivity contribution >= 4 is 5.91 Å². The van der Waals surface area contributed by atoms with Crippen LogP contribution < -0.4 is 5.32 Å². The first-order valence-electron chi connectivity index (χ1n) is 10.0. The Balaban J connectivity index is 1.53. The van der Waals surface area contributed by atoms with Crippen molar-refractivity contribution in [2.75, 3.05) is 0 Å². The summed E-state index contributed by atoms with van der Waals surface area (Å²) in [4.78, 5) is 13.1. The van der Waals surface area contributed by atoms with E-state index < -0.39 is 5.41 Å². The Hall–Kier alpha value is -2.88. The van der Waals surface area contributed by atoms with E-state index in [2.05, 4.69) is 39.4 Å². The van der Waals surface area contributed by atoms with Gasteiger partial charge in [0.05, 0.1) is 24.2 Å². The Labute approximate surface area is 166 Å². The lowest BCUT2D eigenvalue weighted by molar-refractivity contribution is -0.126. The Morgan fingerprint density at radius 1 is 1.11 bits per heavy atom. The maximum Gasteiger partial charge on any atom is 0.230 e. The van der Waals surface area contributed by atoms with Gasteiger partial charge in [-0.2, -0.15) is 5.10 Å². The second kappa shape index (κ2) is 7.63. The Morgan fingerprint density at radius 3 is 2.50 bits per heavy atom. The highest BCUT2D eigenvalue weighted by molar-refractivity contribution is 5.87. The van der Waals surface area contributed by atoms with Gasteiger partial charge in [0.1, 0.15) is 0 Å². The summed E-state index contributed by atoms with van der Waals surface area (Å²) in [5.74, 6) is 0.0624. The second-order valence-electron chi connectivity index (χ2n) is 8.10. The van der Waals surface area contributed by atoms with E-state index in [4.69, 9.17) is 0 Å². The predicted octanol–water partition coefficient (Wildman–Crippen LogP) is 4.40. The zero-order chi connectivity index (χ0) is 19.6. The highest BCUT2D eigenvalue weighted by atomic mass is 16.2. The van der Waals surface area contributed by atoms with Crippen LogP contribution in [-0.2, 0) is 23.2 Å². The van der Waals surface area contributed by atoms with Crippen molar-refractivity contribution < 1.29 is 4.79 Å². The van der Waals surface area contributed by atoms with Crippen LogP contribution in [0, 0.1) is 0 Å². The van der Waals surface area contributed by atoms with Crippen molar-refractivity contribution in [1.29, 1.82) is 0 Å². The number of rotatable bonds is 5. The standard InChI is InChI=1S/C24H27N3O/c1-24(2,19-12-7-4-8-13-19)23(28)26-21-14-9-15-22-20(21)16-25-27(22)17-18-10-5-3-6-11-18/h3-8,10-13,16,21H,9,14-15,17H2,1-2H3,(H,26,28). The van der Waals surface area contributed by atoms with Crippen LogP contribution in [0.3, 0.4) is 0 Å². The van der Waals surface area contributed by atoms with Gasteiger partial charge in [0.15, 0.2) is 0 Å². The first kappa shape index (κ1) is 18.5. The summed E-state index contributed by atoms with van der Waals surface area (Å²) in [5, 5.41) is 7.94. The number of nitrogens with zero attached hydrogens (tertiary/aromatic N) is 2. The average Bonchev–Trinajstić information content (AvgIpc) is 3.13. The Morgan fingerprint density at radius 2 is 1.79 bits per heavy atom. The molecule has 0 radical (unpaired) electrons. The van der Waals surface area contributed by atoms with E-state index in [1.165, 1.54) is 16.8 Å². The van der Waals surface area contributed by atoms with Crippen molar-refractivity contribution in [3.8, 4) is 0 Å². The lowest BCUT2D eigenvalue weighted by atomic mass is 9.82.